The SMILES string of the molecule is CC(C)C(NC(=O)C(N)CCc1ccccc1)C(N)=O. The van der Waals surface area contributed by atoms with Crippen LogP contribution in [-0.4, -0.2) is 23.9 Å². The summed E-state index contributed by atoms with van der Waals surface area (Å²) in [6.07, 6.45) is 1.25. The van der Waals surface area contributed by atoms with Crippen molar-refractivity contribution in [1.82, 2.24) is 5.32 Å². The normalized spacial score (nSPS) is 13.8. The number of hydrogen-bond donors (Lipinski definition) is 3. The molecular formula is C15H23N3O2. The maximum atomic E-state index is 11.9. The van der Waals surface area contributed by atoms with Gasteiger partial charge < -0.3 is 16.8 Å². The van der Waals surface area contributed by atoms with Gasteiger partial charge in [-0.25, -0.2) is 0 Å². The van der Waals surface area contributed by atoms with Crippen molar-refractivity contribution in [2.75, 3.05) is 0 Å². The molecule has 0 radical (unpaired) electrons. The molecule has 0 spiro atoms. The fourth-order valence-electron chi connectivity index (χ4n) is 1.92. The zero-order chi connectivity index (χ0) is 15.1. The second-order valence-corrected chi connectivity index (χ2v) is 5.26. The topological polar surface area (TPSA) is 98.2 Å². The van der Waals surface area contributed by atoms with Gasteiger partial charge in [0, 0.05) is 0 Å². The third kappa shape index (κ3) is 5.01. The molecule has 0 aliphatic rings. The highest BCUT2D eigenvalue weighted by Crippen LogP contribution is 2.05. The first-order valence-corrected chi connectivity index (χ1v) is 6.81. The first-order chi connectivity index (χ1) is 9.41. The highest BCUT2D eigenvalue weighted by molar-refractivity contribution is 5.89. The molecule has 5 N–H and O–H groups in total. The standard InChI is InChI=1S/C15H23N3O2/c1-10(2)13(14(17)19)18-15(20)12(16)9-8-11-6-4-3-5-7-11/h3-7,10,12-13H,8-9,16H2,1-2H3,(H2,17,19)(H,18,20). The number of benzene rings is 1. The minimum atomic E-state index is -0.676. The van der Waals surface area contributed by atoms with Crippen molar-refractivity contribution >= 4 is 11.8 Å². The molecule has 2 unspecified atom stereocenters. The number of amides is 2. The van der Waals surface area contributed by atoms with Crippen LogP contribution in [0.15, 0.2) is 30.3 Å². The second-order valence-electron chi connectivity index (χ2n) is 5.26. The van der Waals surface area contributed by atoms with E-state index >= 15 is 0 Å². The summed E-state index contributed by atoms with van der Waals surface area (Å²) in [6, 6.07) is 8.50. The third-order valence-corrected chi connectivity index (χ3v) is 3.19. The maximum absolute atomic E-state index is 11.9. The van der Waals surface area contributed by atoms with E-state index in [1.54, 1.807) is 0 Å². The summed E-state index contributed by atoms with van der Waals surface area (Å²) < 4.78 is 0. The largest absolute Gasteiger partial charge is 0.368 e. The lowest BCUT2D eigenvalue weighted by Crippen LogP contribution is -2.52. The first kappa shape index (κ1) is 16.2. The van der Waals surface area contributed by atoms with Crippen molar-refractivity contribution in [3.8, 4) is 0 Å². The van der Waals surface area contributed by atoms with Crippen LogP contribution in [-0.2, 0) is 16.0 Å². The number of nitrogens with two attached hydrogens (primary N) is 2. The zero-order valence-corrected chi connectivity index (χ0v) is 12.0. The number of primary amides is 1. The predicted octanol–water partition coefficient (Wildman–Crippen LogP) is 0.573. The molecule has 110 valence electrons. The van der Waals surface area contributed by atoms with E-state index in [1.807, 2.05) is 44.2 Å². The molecule has 0 fully saturated rings. The van der Waals surface area contributed by atoms with Gasteiger partial charge in [-0.15, -0.1) is 0 Å². The Bertz CT molecular complexity index is 446. The van der Waals surface area contributed by atoms with Crippen LogP contribution in [0.25, 0.3) is 0 Å². The number of carbonyl (C=O) groups excluding carboxylic acids is 2. The van der Waals surface area contributed by atoms with Crippen molar-refractivity contribution in [3.63, 3.8) is 0 Å². The Balaban J connectivity index is 2.48. The molecule has 0 aliphatic carbocycles. The van der Waals surface area contributed by atoms with Crippen LogP contribution in [0.2, 0.25) is 0 Å². The Kier molecular flexibility index (Phi) is 6.18. The van der Waals surface area contributed by atoms with E-state index in [1.165, 1.54) is 0 Å². The molecule has 20 heavy (non-hydrogen) atoms. The van der Waals surface area contributed by atoms with Gasteiger partial charge in [-0.3, -0.25) is 9.59 Å². The van der Waals surface area contributed by atoms with Gasteiger partial charge in [0.2, 0.25) is 11.8 Å². The number of aryl methyl sites for hydroxylation is 1. The van der Waals surface area contributed by atoms with E-state index in [2.05, 4.69) is 5.32 Å². The van der Waals surface area contributed by atoms with Gasteiger partial charge in [-0.1, -0.05) is 44.2 Å². The van der Waals surface area contributed by atoms with Crippen molar-refractivity contribution in [1.29, 1.82) is 0 Å². The Morgan fingerprint density at radius 1 is 1.20 bits per heavy atom. The van der Waals surface area contributed by atoms with Gasteiger partial charge in [0.05, 0.1) is 6.04 Å². The third-order valence-electron chi connectivity index (χ3n) is 3.19. The average Bonchev–Trinajstić information content (AvgIpc) is 2.42. The molecule has 0 heterocycles. The molecule has 1 aromatic rings. The molecule has 2 atom stereocenters. The van der Waals surface area contributed by atoms with Gasteiger partial charge >= 0.3 is 0 Å². The number of carbonyl (C=O) groups is 2. The summed E-state index contributed by atoms with van der Waals surface area (Å²) in [5, 5.41) is 2.61. The molecule has 0 saturated carbocycles. The smallest absolute Gasteiger partial charge is 0.240 e. The summed E-state index contributed by atoms with van der Waals surface area (Å²) in [6.45, 7) is 3.65. The summed E-state index contributed by atoms with van der Waals surface area (Å²) in [4.78, 5) is 23.2. The number of nitrogens with one attached hydrogen (secondary N) is 1. The van der Waals surface area contributed by atoms with Gasteiger partial charge in [0.25, 0.3) is 0 Å². The molecule has 2 amide bonds. The Morgan fingerprint density at radius 2 is 1.80 bits per heavy atom. The van der Waals surface area contributed by atoms with E-state index < -0.39 is 18.0 Å². The van der Waals surface area contributed by atoms with E-state index in [4.69, 9.17) is 11.5 Å². The van der Waals surface area contributed by atoms with Crippen molar-refractivity contribution < 1.29 is 9.59 Å². The van der Waals surface area contributed by atoms with Crippen LogP contribution in [0.4, 0.5) is 0 Å². The highest BCUT2D eigenvalue weighted by atomic mass is 16.2. The van der Waals surface area contributed by atoms with Crippen LogP contribution in [0.1, 0.15) is 25.8 Å². The van der Waals surface area contributed by atoms with Gasteiger partial charge in [-0.2, -0.15) is 0 Å². The quantitative estimate of drug-likeness (QED) is 0.679. The molecule has 5 nitrogen and oxygen atoms in total. The van der Waals surface area contributed by atoms with Crippen LogP contribution < -0.4 is 16.8 Å². The molecule has 0 saturated heterocycles. The predicted molar refractivity (Wildman–Crippen MR) is 78.7 cm³/mol. The number of rotatable bonds is 7. The van der Waals surface area contributed by atoms with Crippen LogP contribution in [0.3, 0.4) is 0 Å². The Labute approximate surface area is 119 Å². The average molecular weight is 277 g/mol. The fourth-order valence-corrected chi connectivity index (χ4v) is 1.92. The van der Waals surface area contributed by atoms with Crippen LogP contribution in [0, 0.1) is 5.92 Å². The van der Waals surface area contributed by atoms with E-state index in [-0.39, 0.29) is 11.8 Å². The lowest BCUT2D eigenvalue weighted by atomic mass is 10.0. The minimum Gasteiger partial charge on any atom is -0.368 e. The van der Waals surface area contributed by atoms with Gasteiger partial charge in [0.1, 0.15) is 6.04 Å². The van der Waals surface area contributed by atoms with E-state index in [0.29, 0.717) is 6.42 Å². The monoisotopic (exact) mass is 277 g/mol. The van der Waals surface area contributed by atoms with Crippen LogP contribution >= 0.6 is 0 Å². The lowest BCUT2D eigenvalue weighted by molar-refractivity contribution is -0.129. The van der Waals surface area contributed by atoms with Gasteiger partial charge in [0.15, 0.2) is 0 Å². The minimum absolute atomic E-state index is 0.0576. The van der Waals surface area contributed by atoms with Crippen molar-refractivity contribution in [2.24, 2.45) is 17.4 Å². The molecule has 0 bridgehead atoms. The Morgan fingerprint density at radius 3 is 2.30 bits per heavy atom. The van der Waals surface area contributed by atoms with E-state index in [0.717, 1.165) is 12.0 Å². The molecule has 5 heteroatoms. The molecule has 1 aromatic carbocycles. The second kappa shape index (κ2) is 7.65. The van der Waals surface area contributed by atoms with Crippen molar-refractivity contribution in [2.45, 2.75) is 38.8 Å². The molecule has 0 aromatic heterocycles. The maximum Gasteiger partial charge on any atom is 0.240 e. The lowest BCUT2D eigenvalue weighted by Gasteiger charge is -2.21. The Hall–Kier alpha value is -1.88. The summed E-state index contributed by atoms with van der Waals surface area (Å²) in [7, 11) is 0. The summed E-state index contributed by atoms with van der Waals surface area (Å²) >= 11 is 0. The fraction of sp³-hybridized carbons (Fsp3) is 0.467. The van der Waals surface area contributed by atoms with Gasteiger partial charge in [-0.05, 0) is 24.3 Å². The molecular weight excluding hydrogens is 254 g/mol. The zero-order valence-electron chi connectivity index (χ0n) is 12.0. The molecule has 0 aliphatic heterocycles. The first-order valence-electron chi connectivity index (χ1n) is 6.81. The van der Waals surface area contributed by atoms with Crippen molar-refractivity contribution in [3.05, 3.63) is 35.9 Å². The van der Waals surface area contributed by atoms with Crippen LogP contribution in [0.5, 0.6) is 0 Å². The molecule has 1 rings (SSSR count). The summed E-state index contributed by atoms with van der Waals surface area (Å²) in [5.74, 6) is -0.931. The highest BCUT2D eigenvalue weighted by Gasteiger charge is 2.24. The van der Waals surface area contributed by atoms with E-state index in [9.17, 15) is 9.59 Å². The summed E-state index contributed by atoms with van der Waals surface area (Å²) in [5.41, 5.74) is 12.2. The number of hydrogen-bond acceptors (Lipinski definition) is 3.